The molecule has 188 valence electrons. The Balaban J connectivity index is 2.12. The molecule has 2 aromatic carbocycles. The molecule has 3 amide bonds. The smallest absolute Gasteiger partial charge is 0.408 e. The molecule has 0 aromatic heterocycles. The third-order valence-electron chi connectivity index (χ3n) is 5.17. The molecule has 0 radical (unpaired) electrons. The molecule has 0 unspecified atom stereocenters. The van der Waals surface area contributed by atoms with Crippen LogP contribution in [-0.2, 0) is 32.1 Å². The first-order chi connectivity index (χ1) is 16.7. The quantitative estimate of drug-likeness (QED) is 0.367. The van der Waals surface area contributed by atoms with Crippen LogP contribution in [0.25, 0.3) is 0 Å². The summed E-state index contributed by atoms with van der Waals surface area (Å²) in [6, 6.07) is 15.2. The van der Waals surface area contributed by atoms with Crippen LogP contribution >= 0.6 is 0 Å². The molecule has 35 heavy (non-hydrogen) atoms. The molecule has 0 aliphatic rings. The van der Waals surface area contributed by atoms with Crippen LogP contribution in [0, 0.1) is 5.92 Å². The Kier molecular flexibility index (Phi) is 10.7. The molecule has 0 aliphatic heterocycles. The van der Waals surface area contributed by atoms with Crippen molar-refractivity contribution in [2.24, 2.45) is 5.92 Å². The Morgan fingerprint density at radius 3 is 1.86 bits per heavy atom. The Labute approximate surface area is 205 Å². The zero-order valence-electron chi connectivity index (χ0n) is 20.2. The number of benzene rings is 2. The number of rotatable bonds is 12. The summed E-state index contributed by atoms with van der Waals surface area (Å²) < 4.78 is 5.27. The van der Waals surface area contributed by atoms with Gasteiger partial charge in [0.2, 0.25) is 11.8 Å². The minimum absolute atomic E-state index is 0.0395. The van der Waals surface area contributed by atoms with Crippen molar-refractivity contribution < 1.29 is 29.0 Å². The van der Waals surface area contributed by atoms with E-state index in [4.69, 9.17) is 9.84 Å². The number of carbonyl (C=O) groups is 4. The van der Waals surface area contributed by atoms with Gasteiger partial charge < -0.3 is 25.8 Å². The predicted molar refractivity (Wildman–Crippen MR) is 130 cm³/mol. The van der Waals surface area contributed by atoms with Gasteiger partial charge in [0.25, 0.3) is 0 Å². The lowest BCUT2D eigenvalue weighted by molar-refractivity contribution is -0.141. The first-order valence-corrected chi connectivity index (χ1v) is 11.5. The largest absolute Gasteiger partial charge is 0.480 e. The van der Waals surface area contributed by atoms with E-state index in [2.05, 4.69) is 16.0 Å². The average molecular weight is 484 g/mol. The van der Waals surface area contributed by atoms with Crippen molar-refractivity contribution in [3.63, 3.8) is 0 Å². The van der Waals surface area contributed by atoms with Crippen LogP contribution < -0.4 is 16.0 Å². The van der Waals surface area contributed by atoms with Crippen molar-refractivity contribution in [3.05, 3.63) is 71.8 Å². The Hall–Kier alpha value is -3.88. The molecule has 9 heteroatoms. The highest BCUT2D eigenvalue weighted by atomic mass is 16.5. The number of hydrogen-bond acceptors (Lipinski definition) is 5. The highest BCUT2D eigenvalue weighted by Gasteiger charge is 2.29. The van der Waals surface area contributed by atoms with Gasteiger partial charge in [-0.05, 0) is 30.4 Å². The van der Waals surface area contributed by atoms with Gasteiger partial charge in [0.1, 0.15) is 24.7 Å². The van der Waals surface area contributed by atoms with E-state index in [0.29, 0.717) is 6.42 Å². The number of carboxylic acid groups (broad SMARTS) is 1. The SMILES string of the molecule is CC(C)C[C@@H](NC(=O)[C@@H](Cc1ccccc1)NC(=O)OCc1ccccc1)C(=O)N[C@H](C)C(=O)O. The number of nitrogens with one attached hydrogen (secondary N) is 3. The second-order valence-corrected chi connectivity index (χ2v) is 8.71. The van der Waals surface area contributed by atoms with E-state index in [1.54, 1.807) is 0 Å². The normalized spacial score (nSPS) is 13.3. The first-order valence-electron chi connectivity index (χ1n) is 11.5. The number of carboxylic acids is 1. The molecular formula is C26H33N3O6. The van der Waals surface area contributed by atoms with Crippen LogP contribution in [0.2, 0.25) is 0 Å². The fourth-order valence-corrected chi connectivity index (χ4v) is 3.32. The molecule has 3 atom stereocenters. The van der Waals surface area contributed by atoms with Crippen molar-refractivity contribution in [2.75, 3.05) is 0 Å². The van der Waals surface area contributed by atoms with Gasteiger partial charge >= 0.3 is 12.1 Å². The third-order valence-corrected chi connectivity index (χ3v) is 5.17. The summed E-state index contributed by atoms with van der Waals surface area (Å²) in [5, 5.41) is 16.8. The summed E-state index contributed by atoms with van der Waals surface area (Å²) in [6.07, 6.45) is -0.302. The van der Waals surface area contributed by atoms with Crippen molar-refractivity contribution in [3.8, 4) is 0 Å². The van der Waals surface area contributed by atoms with Gasteiger partial charge in [-0.1, -0.05) is 74.5 Å². The molecule has 4 N–H and O–H groups in total. The highest BCUT2D eigenvalue weighted by molar-refractivity contribution is 5.92. The summed E-state index contributed by atoms with van der Waals surface area (Å²) in [7, 11) is 0. The van der Waals surface area contributed by atoms with Gasteiger partial charge in [0.05, 0.1) is 0 Å². The zero-order chi connectivity index (χ0) is 25.8. The minimum Gasteiger partial charge on any atom is -0.480 e. The van der Waals surface area contributed by atoms with Crippen LogP contribution in [-0.4, -0.2) is 47.1 Å². The van der Waals surface area contributed by atoms with Crippen molar-refractivity contribution >= 4 is 23.9 Å². The third kappa shape index (κ3) is 9.87. The molecule has 0 saturated heterocycles. The Morgan fingerprint density at radius 2 is 1.31 bits per heavy atom. The predicted octanol–water partition coefficient (Wildman–Crippen LogP) is 2.64. The average Bonchev–Trinajstić information content (AvgIpc) is 2.82. The van der Waals surface area contributed by atoms with E-state index >= 15 is 0 Å². The molecule has 0 bridgehead atoms. The lowest BCUT2D eigenvalue weighted by atomic mass is 10.0. The summed E-state index contributed by atoms with van der Waals surface area (Å²) in [4.78, 5) is 49.5. The van der Waals surface area contributed by atoms with Gasteiger partial charge in [-0.15, -0.1) is 0 Å². The summed E-state index contributed by atoms with van der Waals surface area (Å²) in [5.74, 6) is -2.32. The Bertz CT molecular complexity index is 981. The van der Waals surface area contributed by atoms with E-state index in [1.165, 1.54) is 6.92 Å². The maximum absolute atomic E-state index is 13.2. The summed E-state index contributed by atoms with van der Waals surface area (Å²) in [5.41, 5.74) is 1.60. The molecule has 0 spiro atoms. The standard InChI is InChI=1S/C26H33N3O6/c1-17(2)14-21(23(30)27-18(3)25(32)33)28-24(31)22(15-19-10-6-4-7-11-19)29-26(34)35-16-20-12-8-5-9-13-20/h4-13,17-18,21-22H,14-16H2,1-3H3,(H,27,30)(H,28,31)(H,29,34)(H,32,33)/t18-,21-,22-/m1/s1. The minimum atomic E-state index is -1.18. The maximum Gasteiger partial charge on any atom is 0.408 e. The molecule has 0 saturated carbocycles. The first kappa shape index (κ1) is 27.4. The van der Waals surface area contributed by atoms with Crippen molar-refractivity contribution in [1.29, 1.82) is 0 Å². The van der Waals surface area contributed by atoms with Gasteiger partial charge in [-0.25, -0.2) is 4.79 Å². The van der Waals surface area contributed by atoms with Crippen LogP contribution in [0.15, 0.2) is 60.7 Å². The molecule has 2 rings (SSSR count). The molecular weight excluding hydrogens is 450 g/mol. The molecule has 2 aromatic rings. The van der Waals surface area contributed by atoms with Gasteiger partial charge in [0.15, 0.2) is 0 Å². The van der Waals surface area contributed by atoms with Crippen LogP contribution in [0.5, 0.6) is 0 Å². The van der Waals surface area contributed by atoms with Gasteiger partial charge in [0, 0.05) is 6.42 Å². The van der Waals surface area contributed by atoms with Crippen molar-refractivity contribution in [1.82, 2.24) is 16.0 Å². The van der Waals surface area contributed by atoms with Crippen molar-refractivity contribution in [2.45, 2.75) is 58.3 Å². The summed E-state index contributed by atoms with van der Waals surface area (Å²) in [6.45, 7) is 5.15. The van der Waals surface area contributed by atoms with Crippen LogP contribution in [0.1, 0.15) is 38.3 Å². The molecule has 0 aliphatic carbocycles. The van der Waals surface area contributed by atoms with Gasteiger partial charge in [-0.2, -0.15) is 0 Å². The number of carbonyl (C=O) groups excluding carboxylic acids is 3. The van der Waals surface area contributed by atoms with E-state index in [9.17, 15) is 19.2 Å². The van der Waals surface area contributed by atoms with E-state index < -0.39 is 42.0 Å². The number of alkyl carbamates (subject to hydrolysis) is 1. The summed E-state index contributed by atoms with van der Waals surface area (Å²) >= 11 is 0. The number of aliphatic carboxylic acids is 1. The molecule has 0 heterocycles. The maximum atomic E-state index is 13.2. The molecule has 0 fully saturated rings. The van der Waals surface area contributed by atoms with E-state index in [-0.39, 0.29) is 18.9 Å². The second-order valence-electron chi connectivity index (χ2n) is 8.71. The fraction of sp³-hybridized carbons (Fsp3) is 0.385. The number of ether oxygens (including phenoxy) is 1. The van der Waals surface area contributed by atoms with Crippen LogP contribution in [0.4, 0.5) is 4.79 Å². The second kappa shape index (κ2) is 13.7. The highest BCUT2D eigenvalue weighted by Crippen LogP contribution is 2.09. The van der Waals surface area contributed by atoms with Crippen LogP contribution in [0.3, 0.4) is 0 Å². The van der Waals surface area contributed by atoms with Gasteiger partial charge in [-0.3, -0.25) is 14.4 Å². The zero-order valence-corrected chi connectivity index (χ0v) is 20.2. The monoisotopic (exact) mass is 483 g/mol. The lowest BCUT2D eigenvalue weighted by Gasteiger charge is -2.25. The van der Waals surface area contributed by atoms with E-state index in [1.807, 2.05) is 74.5 Å². The lowest BCUT2D eigenvalue weighted by Crippen LogP contribution is -2.56. The molecule has 9 nitrogen and oxygen atoms in total. The topological polar surface area (TPSA) is 134 Å². The number of hydrogen-bond donors (Lipinski definition) is 4. The Morgan fingerprint density at radius 1 is 0.771 bits per heavy atom. The van der Waals surface area contributed by atoms with E-state index in [0.717, 1.165) is 11.1 Å². The number of amides is 3. The fourth-order valence-electron chi connectivity index (χ4n) is 3.32.